The predicted molar refractivity (Wildman–Crippen MR) is 104 cm³/mol. The Labute approximate surface area is 166 Å². The molecule has 0 saturated heterocycles. The largest absolute Gasteiger partial charge is 0.488 e. The number of amides is 1. The van der Waals surface area contributed by atoms with Crippen molar-refractivity contribution in [3.8, 4) is 5.75 Å². The fraction of sp³-hybridized carbons (Fsp3) is 0.227. The van der Waals surface area contributed by atoms with Gasteiger partial charge in [-0.3, -0.25) is 9.78 Å². The zero-order valence-corrected chi connectivity index (χ0v) is 15.9. The Bertz CT molecular complexity index is 1050. The summed E-state index contributed by atoms with van der Waals surface area (Å²) in [6.45, 7) is 4.03. The average Bonchev–Trinajstić information content (AvgIpc) is 2.67. The number of carbonyl (C=O) groups is 1. The fourth-order valence-corrected chi connectivity index (χ4v) is 3.54. The zero-order valence-electron chi connectivity index (χ0n) is 15.9. The van der Waals surface area contributed by atoms with E-state index in [1.165, 1.54) is 12.3 Å². The molecule has 1 N–H and O–H groups in total. The number of anilines is 1. The maximum Gasteiger partial charge on any atom is 0.262 e. The minimum atomic E-state index is -0.937. The van der Waals surface area contributed by atoms with E-state index < -0.39 is 23.1 Å². The van der Waals surface area contributed by atoms with Gasteiger partial charge in [0, 0.05) is 11.5 Å². The molecule has 4 rings (SSSR count). The van der Waals surface area contributed by atoms with Crippen molar-refractivity contribution in [2.24, 2.45) is 0 Å². The lowest BCUT2D eigenvalue weighted by molar-refractivity contribution is 0.0769. The van der Waals surface area contributed by atoms with Crippen LogP contribution in [-0.2, 0) is 0 Å². The third-order valence-corrected chi connectivity index (χ3v) is 4.84. The molecular weight excluding hydrogens is 376 g/mol. The number of fused-ring (bicyclic) bond motifs is 1. The Morgan fingerprint density at radius 3 is 2.48 bits per heavy atom. The Morgan fingerprint density at radius 1 is 1.07 bits per heavy atom. The molecule has 3 aromatic rings. The molecule has 148 valence electrons. The van der Waals surface area contributed by atoms with Gasteiger partial charge in [0.25, 0.3) is 5.91 Å². The van der Waals surface area contributed by atoms with Gasteiger partial charge in [0.1, 0.15) is 28.5 Å². The summed E-state index contributed by atoms with van der Waals surface area (Å²) in [6, 6.07) is 11.0. The Kier molecular flexibility index (Phi) is 4.74. The predicted octanol–water partition coefficient (Wildman–Crippen LogP) is 4.70. The van der Waals surface area contributed by atoms with E-state index in [1.807, 2.05) is 38.1 Å². The van der Waals surface area contributed by atoms with Crippen molar-refractivity contribution in [3.05, 3.63) is 83.3 Å². The number of halogens is 2. The van der Waals surface area contributed by atoms with E-state index in [0.29, 0.717) is 6.42 Å². The van der Waals surface area contributed by atoms with Crippen LogP contribution in [0.1, 0.15) is 47.8 Å². The minimum absolute atomic E-state index is 0.0174. The van der Waals surface area contributed by atoms with Crippen LogP contribution in [0.4, 0.5) is 14.6 Å². The van der Waals surface area contributed by atoms with Crippen LogP contribution in [-0.4, -0.2) is 21.5 Å². The number of ether oxygens (including phenoxy) is 1. The van der Waals surface area contributed by atoms with E-state index in [-0.39, 0.29) is 17.3 Å². The number of aromatic nitrogens is 2. The highest BCUT2D eigenvalue weighted by atomic mass is 19.1. The number of rotatable bonds is 3. The number of para-hydroxylation sites is 1. The molecule has 29 heavy (non-hydrogen) atoms. The monoisotopic (exact) mass is 395 g/mol. The number of carbonyl (C=O) groups excluding carboxylic acids is 1. The fourth-order valence-electron chi connectivity index (χ4n) is 3.54. The van der Waals surface area contributed by atoms with Gasteiger partial charge in [-0.15, -0.1) is 0 Å². The summed E-state index contributed by atoms with van der Waals surface area (Å²) in [5, 5.41) is 2.39. The molecule has 1 aromatic heterocycles. The molecule has 1 amide bonds. The first-order valence-electron chi connectivity index (χ1n) is 9.19. The van der Waals surface area contributed by atoms with Crippen molar-refractivity contribution < 1.29 is 18.3 Å². The van der Waals surface area contributed by atoms with Gasteiger partial charge in [0.2, 0.25) is 0 Å². The highest BCUT2D eigenvalue weighted by Gasteiger charge is 2.35. The van der Waals surface area contributed by atoms with Crippen LogP contribution in [0.3, 0.4) is 0 Å². The van der Waals surface area contributed by atoms with Crippen molar-refractivity contribution in [3.63, 3.8) is 0 Å². The number of hydrogen-bond acceptors (Lipinski definition) is 4. The molecule has 2 heterocycles. The molecule has 0 radical (unpaired) electrons. The number of nitrogens with one attached hydrogen (secondary N) is 1. The van der Waals surface area contributed by atoms with E-state index >= 15 is 0 Å². The van der Waals surface area contributed by atoms with Crippen molar-refractivity contribution in [1.82, 2.24) is 9.97 Å². The van der Waals surface area contributed by atoms with E-state index in [1.54, 1.807) is 6.20 Å². The molecule has 2 aromatic carbocycles. The van der Waals surface area contributed by atoms with Gasteiger partial charge >= 0.3 is 0 Å². The van der Waals surface area contributed by atoms with Gasteiger partial charge < -0.3 is 10.1 Å². The van der Waals surface area contributed by atoms with Crippen LogP contribution < -0.4 is 10.1 Å². The molecular formula is C22H19F2N3O2. The summed E-state index contributed by atoms with van der Waals surface area (Å²) < 4.78 is 33.6. The Balaban J connectivity index is 1.58. The van der Waals surface area contributed by atoms with Crippen molar-refractivity contribution in [1.29, 1.82) is 0 Å². The Morgan fingerprint density at radius 2 is 1.79 bits per heavy atom. The molecule has 0 fully saturated rings. The minimum Gasteiger partial charge on any atom is -0.488 e. The molecule has 0 aliphatic carbocycles. The summed E-state index contributed by atoms with van der Waals surface area (Å²) in [4.78, 5) is 20.9. The van der Waals surface area contributed by atoms with Crippen LogP contribution in [0, 0.1) is 11.6 Å². The first-order chi connectivity index (χ1) is 13.8. The van der Waals surface area contributed by atoms with Gasteiger partial charge in [-0.1, -0.05) is 24.3 Å². The molecule has 1 unspecified atom stereocenters. The van der Waals surface area contributed by atoms with Crippen LogP contribution in [0.25, 0.3) is 0 Å². The van der Waals surface area contributed by atoms with Gasteiger partial charge in [-0.2, -0.15) is 0 Å². The van der Waals surface area contributed by atoms with Crippen LogP contribution in [0.5, 0.6) is 5.75 Å². The topological polar surface area (TPSA) is 64.1 Å². The average molecular weight is 395 g/mol. The highest BCUT2D eigenvalue weighted by molar-refractivity contribution is 6.04. The Hall–Kier alpha value is -3.35. The van der Waals surface area contributed by atoms with Crippen molar-refractivity contribution in [2.75, 3.05) is 5.32 Å². The molecule has 0 bridgehead atoms. The maximum atomic E-state index is 13.8. The summed E-state index contributed by atoms with van der Waals surface area (Å²) >= 11 is 0. The summed E-state index contributed by atoms with van der Waals surface area (Å²) in [7, 11) is 0. The van der Waals surface area contributed by atoms with Gasteiger partial charge in [0.05, 0.1) is 18.1 Å². The maximum absolute atomic E-state index is 13.8. The smallest absolute Gasteiger partial charge is 0.262 e. The van der Waals surface area contributed by atoms with Crippen LogP contribution in [0.2, 0.25) is 0 Å². The standard InChI is InChI=1S/C22H19F2N3O2/c1-22(2)10-14(13-6-3-4-9-18(13)29-22)17-11-26-19(12-25-17)27-21(28)20-15(23)7-5-8-16(20)24/h3-9,11-12,14H,10H2,1-2H3,(H,26,27,28). The second-order valence-corrected chi connectivity index (χ2v) is 7.53. The lowest BCUT2D eigenvalue weighted by atomic mass is 9.82. The number of hydrogen-bond donors (Lipinski definition) is 1. The molecule has 1 aliphatic rings. The lowest BCUT2D eigenvalue weighted by Crippen LogP contribution is -2.35. The lowest BCUT2D eigenvalue weighted by Gasteiger charge is -2.37. The van der Waals surface area contributed by atoms with E-state index in [9.17, 15) is 13.6 Å². The quantitative estimate of drug-likeness (QED) is 0.698. The van der Waals surface area contributed by atoms with Crippen LogP contribution in [0.15, 0.2) is 54.9 Å². The summed E-state index contributed by atoms with van der Waals surface area (Å²) in [6.07, 6.45) is 3.66. The molecule has 1 atom stereocenters. The summed E-state index contributed by atoms with van der Waals surface area (Å²) in [5.74, 6) is -1.89. The van der Waals surface area contributed by atoms with Crippen molar-refractivity contribution in [2.45, 2.75) is 31.8 Å². The normalized spacial score (nSPS) is 17.2. The third-order valence-electron chi connectivity index (χ3n) is 4.84. The van der Waals surface area contributed by atoms with Gasteiger partial charge in [-0.25, -0.2) is 13.8 Å². The van der Waals surface area contributed by atoms with E-state index in [4.69, 9.17) is 4.74 Å². The molecule has 5 nitrogen and oxygen atoms in total. The van der Waals surface area contributed by atoms with E-state index in [2.05, 4.69) is 15.3 Å². The molecule has 0 spiro atoms. The molecule has 1 aliphatic heterocycles. The summed E-state index contributed by atoms with van der Waals surface area (Å²) in [5.41, 5.74) is 0.726. The molecule has 0 saturated carbocycles. The van der Waals surface area contributed by atoms with Gasteiger partial charge in [0.15, 0.2) is 5.82 Å². The SMILES string of the molecule is CC1(C)CC(c2cnc(NC(=O)c3c(F)cccc3F)cn2)c2ccccc2O1. The highest BCUT2D eigenvalue weighted by Crippen LogP contribution is 2.43. The number of benzene rings is 2. The second kappa shape index (κ2) is 7.24. The first kappa shape index (κ1) is 19.0. The zero-order chi connectivity index (χ0) is 20.6. The van der Waals surface area contributed by atoms with E-state index in [0.717, 1.165) is 29.1 Å². The first-order valence-corrected chi connectivity index (χ1v) is 9.19. The number of nitrogens with zero attached hydrogens (tertiary/aromatic N) is 2. The van der Waals surface area contributed by atoms with Gasteiger partial charge in [-0.05, 0) is 38.5 Å². The van der Waals surface area contributed by atoms with Crippen LogP contribution >= 0.6 is 0 Å². The van der Waals surface area contributed by atoms with Crippen molar-refractivity contribution >= 4 is 11.7 Å². The molecule has 7 heteroatoms. The second-order valence-electron chi connectivity index (χ2n) is 7.53. The third kappa shape index (κ3) is 3.81.